The van der Waals surface area contributed by atoms with Gasteiger partial charge in [-0.2, -0.15) is 0 Å². The fourth-order valence-electron chi connectivity index (χ4n) is 2.29. The van der Waals surface area contributed by atoms with Gasteiger partial charge in [0.2, 0.25) is 0 Å². The van der Waals surface area contributed by atoms with E-state index in [9.17, 15) is 0 Å². The predicted octanol–water partition coefficient (Wildman–Crippen LogP) is 5.38. The summed E-state index contributed by atoms with van der Waals surface area (Å²) in [5.41, 5.74) is 2.30. The number of methoxy groups -OCH3 is 1. The van der Waals surface area contributed by atoms with Crippen LogP contribution in [0.15, 0.2) is 47.8 Å². The van der Waals surface area contributed by atoms with E-state index in [1.54, 1.807) is 18.4 Å². The average Bonchev–Trinajstić information content (AvgIpc) is 2.95. The van der Waals surface area contributed by atoms with Gasteiger partial charge in [-0.3, -0.25) is 0 Å². The number of rotatable bonds is 5. The highest BCUT2D eigenvalue weighted by atomic mass is 79.9. The van der Waals surface area contributed by atoms with Crippen molar-refractivity contribution in [3.63, 3.8) is 0 Å². The molecule has 0 aliphatic heterocycles. The third-order valence-corrected chi connectivity index (χ3v) is 4.97. The number of alkyl halides is 1. The molecule has 0 radical (unpaired) electrons. The van der Waals surface area contributed by atoms with Gasteiger partial charge in [-0.05, 0) is 22.9 Å². The van der Waals surface area contributed by atoms with Crippen molar-refractivity contribution in [2.24, 2.45) is 0 Å². The Labute approximate surface area is 136 Å². The first-order valence-electron chi connectivity index (χ1n) is 6.63. The highest BCUT2D eigenvalue weighted by molar-refractivity contribution is 9.08. The summed E-state index contributed by atoms with van der Waals surface area (Å²) in [6.07, 6.45) is 0. The standard InChI is InChI=1S/C17H15BrO2S/c1-19-15-7-4-5-12(9-18)17(15)20-10-13-11-21-16-8-3-2-6-14(13)16/h2-8,11H,9-10H2,1H3. The van der Waals surface area contributed by atoms with Crippen molar-refractivity contribution in [1.29, 1.82) is 0 Å². The number of thiophene rings is 1. The molecule has 0 fully saturated rings. The first-order chi connectivity index (χ1) is 10.3. The lowest BCUT2D eigenvalue weighted by Gasteiger charge is -2.13. The SMILES string of the molecule is COc1cccc(CBr)c1OCc1csc2ccccc12. The summed E-state index contributed by atoms with van der Waals surface area (Å²) in [6, 6.07) is 14.3. The molecule has 4 heteroatoms. The number of hydrogen-bond donors (Lipinski definition) is 0. The number of hydrogen-bond acceptors (Lipinski definition) is 3. The van der Waals surface area contributed by atoms with Crippen molar-refractivity contribution >= 4 is 37.4 Å². The first-order valence-corrected chi connectivity index (χ1v) is 8.63. The largest absolute Gasteiger partial charge is 0.493 e. The Hall–Kier alpha value is -1.52. The minimum absolute atomic E-state index is 0.546. The zero-order valence-corrected chi connectivity index (χ0v) is 14.0. The molecule has 0 saturated carbocycles. The first kappa shape index (κ1) is 14.4. The predicted molar refractivity (Wildman–Crippen MR) is 91.8 cm³/mol. The molecule has 3 rings (SSSR count). The topological polar surface area (TPSA) is 18.5 Å². The Bertz CT molecular complexity index is 729. The van der Waals surface area contributed by atoms with E-state index in [-0.39, 0.29) is 0 Å². The molecule has 2 nitrogen and oxygen atoms in total. The lowest BCUT2D eigenvalue weighted by Crippen LogP contribution is -1.99. The molecule has 0 spiro atoms. The van der Waals surface area contributed by atoms with Crippen LogP contribution in [0, 0.1) is 0 Å². The van der Waals surface area contributed by atoms with Crippen molar-refractivity contribution in [2.75, 3.05) is 7.11 Å². The molecular formula is C17H15BrO2S. The van der Waals surface area contributed by atoms with E-state index in [0.717, 1.165) is 22.4 Å². The Morgan fingerprint density at radius 3 is 2.71 bits per heavy atom. The summed E-state index contributed by atoms with van der Waals surface area (Å²) >= 11 is 5.25. The van der Waals surface area contributed by atoms with E-state index in [4.69, 9.17) is 9.47 Å². The van der Waals surface area contributed by atoms with Crippen LogP contribution >= 0.6 is 27.3 Å². The molecule has 0 amide bonds. The van der Waals surface area contributed by atoms with Crippen LogP contribution in [-0.2, 0) is 11.9 Å². The monoisotopic (exact) mass is 362 g/mol. The van der Waals surface area contributed by atoms with E-state index in [1.807, 2.05) is 18.2 Å². The van der Waals surface area contributed by atoms with Gasteiger partial charge in [0, 0.05) is 21.2 Å². The van der Waals surface area contributed by atoms with E-state index in [1.165, 1.54) is 15.6 Å². The molecule has 2 aromatic carbocycles. The van der Waals surface area contributed by atoms with Crippen molar-refractivity contribution in [3.8, 4) is 11.5 Å². The molecule has 21 heavy (non-hydrogen) atoms. The molecule has 0 saturated heterocycles. The number of ether oxygens (including phenoxy) is 2. The lowest BCUT2D eigenvalue weighted by atomic mass is 10.2. The third kappa shape index (κ3) is 2.92. The van der Waals surface area contributed by atoms with Crippen molar-refractivity contribution < 1.29 is 9.47 Å². The lowest BCUT2D eigenvalue weighted by molar-refractivity contribution is 0.284. The second-order valence-corrected chi connectivity index (χ2v) is 6.10. The molecule has 0 aliphatic rings. The average molecular weight is 363 g/mol. The maximum atomic E-state index is 6.05. The zero-order chi connectivity index (χ0) is 14.7. The van der Waals surface area contributed by atoms with Crippen LogP contribution in [-0.4, -0.2) is 7.11 Å². The minimum Gasteiger partial charge on any atom is -0.493 e. The Balaban J connectivity index is 1.88. The number of benzene rings is 2. The summed E-state index contributed by atoms with van der Waals surface area (Å²) in [6.45, 7) is 0.546. The van der Waals surface area contributed by atoms with Crippen molar-refractivity contribution in [1.82, 2.24) is 0 Å². The molecule has 1 aromatic heterocycles. The molecule has 3 aromatic rings. The molecule has 0 bridgehead atoms. The summed E-state index contributed by atoms with van der Waals surface area (Å²) in [5.74, 6) is 1.58. The zero-order valence-electron chi connectivity index (χ0n) is 11.6. The molecule has 0 atom stereocenters. The van der Waals surface area contributed by atoms with E-state index in [2.05, 4.69) is 45.6 Å². The normalized spacial score (nSPS) is 10.8. The molecule has 108 valence electrons. The van der Waals surface area contributed by atoms with Crippen LogP contribution < -0.4 is 9.47 Å². The fraction of sp³-hybridized carbons (Fsp3) is 0.176. The van der Waals surface area contributed by atoms with Crippen LogP contribution in [0.2, 0.25) is 0 Å². The second kappa shape index (κ2) is 6.50. The van der Waals surface area contributed by atoms with Crippen LogP contribution in [0.1, 0.15) is 11.1 Å². The summed E-state index contributed by atoms with van der Waals surface area (Å²) in [4.78, 5) is 0. The van der Waals surface area contributed by atoms with Crippen molar-refractivity contribution in [2.45, 2.75) is 11.9 Å². The van der Waals surface area contributed by atoms with Gasteiger partial charge >= 0.3 is 0 Å². The summed E-state index contributed by atoms with van der Waals surface area (Å²) < 4.78 is 12.7. The summed E-state index contributed by atoms with van der Waals surface area (Å²) in [5, 5.41) is 4.16. The number of halogens is 1. The smallest absolute Gasteiger partial charge is 0.165 e. The van der Waals surface area contributed by atoms with E-state index < -0.39 is 0 Å². The van der Waals surface area contributed by atoms with Gasteiger partial charge in [-0.25, -0.2) is 0 Å². The van der Waals surface area contributed by atoms with Crippen LogP contribution in [0.3, 0.4) is 0 Å². The van der Waals surface area contributed by atoms with Gasteiger partial charge in [0.05, 0.1) is 7.11 Å². The van der Waals surface area contributed by atoms with Crippen molar-refractivity contribution in [3.05, 3.63) is 59.0 Å². The summed E-state index contributed by atoms with van der Waals surface area (Å²) in [7, 11) is 1.67. The maximum absolute atomic E-state index is 6.05. The minimum atomic E-state index is 0.546. The Morgan fingerprint density at radius 2 is 1.90 bits per heavy atom. The van der Waals surface area contributed by atoms with Crippen LogP contribution in [0.25, 0.3) is 10.1 Å². The van der Waals surface area contributed by atoms with Gasteiger partial charge in [0.25, 0.3) is 0 Å². The number of para-hydroxylation sites is 1. The highest BCUT2D eigenvalue weighted by Gasteiger charge is 2.11. The number of fused-ring (bicyclic) bond motifs is 1. The van der Waals surface area contributed by atoms with Gasteiger partial charge < -0.3 is 9.47 Å². The van der Waals surface area contributed by atoms with Gasteiger partial charge in [0.15, 0.2) is 11.5 Å². The Kier molecular flexibility index (Phi) is 4.46. The van der Waals surface area contributed by atoms with Crippen LogP contribution in [0.4, 0.5) is 0 Å². The van der Waals surface area contributed by atoms with E-state index in [0.29, 0.717) is 6.61 Å². The van der Waals surface area contributed by atoms with Crippen LogP contribution in [0.5, 0.6) is 11.5 Å². The molecule has 0 unspecified atom stereocenters. The van der Waals surface area contributed by atoms with E-state index >= 15 is 0 Å². The second-order valence-electron chi connectivity index (χ2n) is 4.63. The Morgan fingerprint density at radius 1 is 1.05 bits per heavy atom. The molecular weight excluding hydrogens is 348 g/mol. The third-order valence-electron chi connectivity index (χ3n) is 3.36. The molecule has 0 N–H and O–H groups in total. The van der Waals surface area contributed by atoms with Gasteiger partial charge in [-0.15, -0.1) is 11.3 Å². The molecule has 0 aliphatic carbocycles. The maximum Gasteiger partial charge on any atom is 0.165 e. The van der Waals surface area contributed by atoms with Gasteiger partial charge in [0.1, 0.15) is 6.61 Å². The quantitative estimate of drug-likeness (QED) is 0.567. The molecule has 1 heterocycles. The van der Waals surface area contributed by atoms with Gasteiger partial charge in [-0.1, -0.05) is 46.3 Å². The fourth-order valence-corrected chi connectivity index (χ4v) is 3.67. The highest BCUT2D eigenvalue weighted by Crippen LogP contribution is 2.34.